The number of aromatic nitrogens is 2. The van der Waals surface area contributed by atoms with Crippen LogP contribution in [0.2, 0.25) is 0 Å². The fraction of sp³-hybridized carbons (Fsp3) is 0.450. The summed E-state index contributed by atoms with van der Waals surface area (Å²) in [5.41, 5.74) is 1.23. The summed E-state index contributed by atoms with van der Waals surface area (Å²) in [6.07, 6.45) is 1.60. The van der Waals surface area contributed by atoms with Crippen LogP contribution in [0.25, 0.3) is 11.4 Å². The standard InChI is InChI=1S/C20H26FN5O/c1-4-24(3)19-17(20(27)26-12-10-25(5-2)11-13-26)14-22-18(23-19)15-6-8-16(21)9-7-15/h6-9,14H,4-5,10-13H2,1-3H3. The molecule has 1 aromatic carbocycles. The van der Waals surface area contributed by atoms with Gasteiger partial charge in [-0.2, -0.15) is 0 Å². The van der Waals surface area contributed by atoms with Crippen LogP contribution in [0, 0.1) is 5.82 Å². The Morgan fingerprint density at radius 1 is 1.15 bits per heavy atom. The Kier molecular flexibility index (Phi) is 6.01. The minimum atomic E-state index is -0.303. The van der Waals surface area contributed by atoms with Gasteiger partial charge in [0, 0.05) is 51.5 Å². The van der Waals surface area contributed by atoms with E-state index in [2.05, 4.69) is 21.8 Å². The van der Waals surface area contributed by atoms with Crippen molar-refractivity contribution in [3.05, 3.63) is 41.8 Å². The molecule has 0 aliphatic carbocycles. The van der Waals surface area contributed by atoms with Crippen LogP contribution in [0.3, 0.4) is 0 Å². The van der Waals surface area contributed by atoms with Gasteiger partial charge in [-0.05, 0) is 37.7 Å². The predicted molar refractivity (Wildman–Crippen MR) is 104 cm³/mol. The molecule has 0 unspecified atom stereocenters. The van der Waals surface area contributed by atoms with Crippen molar-refractivity contribution in [3.63, 3.8) is 0 Å². The van der Waals surface area contributed by atoms with Crippen molar-refractivity contribution < 1.29 is 9.18 Å². The summed E-state index contributed by atoms with van der Waals surface area (Å²) in [4.78, 5) is 28.2. The zero-order valence-corrected chi connectivity index (χ0v) is 16.2. The highest BCUT2D eigenvalue weighted by atomic mass is 19.1. The van der Waals surface area contributed by atoms with Gasteiger partial charge < -0.3 is 14.7 Å². The second-order valence-electron chi connectivity index (χ2n) is 6.68. The van der Waals surface area contributed by atoms with Crippen LogP contribution < -0.4 is 4.90 Å². The molecule has 2 heterocycles. The highest BCUT2D eigenvalue weighted by molar-refractivity contribution is 5.99. The van der Waals surface area contributed by atoms with Crippen LogP contribution in [0.5, 0.6) is 0 Å². The van der Waals surface area contributed by atoms with E-state index < -0.39 is 0 Å². The first-order chi connectivity index (χ1) is 13.0. The summed E-state index contributed by atoms with van der Waals surface area (Å²) in [7, 11) is 1.91. The third-order valence-electron chi connectivity index (χ3n) is 5.04. The van der Waals surface area contributed by atoms with Crippen molar-refractivity contribution in [2.75, 3.05) is 51.2 Å². The monoisotopic (exact) mass is 371 g/mol. The smallest absolute Gasteiger partial charge is 0.259 e. The maximum atomic E-state index is 13.2. The Labute approximate surface area is 159 Å². The number of nitrogens with zero attached hydrogens (tertiary/aromatic N) is 5. The van der Waals surface area contributed by atoms with Crippen molar-refractivity contribution in [1.82, 2.24) is 19.8 Å². The average Bonchev–Trinajstić information content (AvgIpc) is 2.73. The number of carbonyl (C=O) groups excluding carboxylic acids is 1. The van der Waals surface area contributed by atoms with Gasteiger partial charge in [0.25, 0.3) is 5.91 Å². The molecule has 1 aliphatic rings. The molecule has 0 atom stereocenters. The van der Waals surface area contributed by atoms with Gasteiger partial charge >= 0.3 is 0 Å². The number of anilines is 1. The van der Waals surface area contributed by atoms with Crippen LogP contribution in [-0.4, -0.2) is 72.0 Å². The predicted octanol–water partition coefficient (Wildman–Crippen LogP) is 2.52. The number of likely N-dealkylation sites (N-methyl/N-ethyl adjacent to an activating group) is 1. The lowest BCUT2D eigenvalue weighted by atomic mass is 10.1. The summed E-state index contributed by atoms with van der Waals surface area (Å²) in [5.74, 6) is 0.752. The number of hydrogen-bond donors (Lipinski definition) is 0. The summed E-state index contributed by atoms with van der Waals surface area (Å²) >= 11 is 0. The second-order valence-corrected chi connectivity index (χ2v) is 6.68. The number of benzene rings is 1. The average molecular weight is 371 g/mol. The molecular formula is C20H26FN5O. The zero-order chi connectivity index (χ0) is 19.4. The normalized spacial score (nSPS) is 15.0. The van der Waals surface area contributed by atoms with Crippen molar-refractivity contribution >= 4 is 11.7 Å². The lowest BCUT2D eigenvalue weighted by Gasteiger charge is -2.34. The van der Waals surface area contributed by atoms with Gasteiger partial charge in [0.15, 0.2) is 5.82 Å². The maximum Gasteiger partial charge on any atom is 0.259 e. The number of amides is 1. The van der Waals surface area contributed by atoms with Crippen LogP contribution in [0.15, 0.2) is 30.5 Å². The summed E-state index contributed by atoms with van der Waals surface area (Å²) in [6, 6.07) is 6.06. The minimum Gasteiger partial charge on any atom is -0.359 e. The van der Waals surface area contributed by atoms with E-state index in [0.717, 1.165) is 25.2 Å². The molecule has 0 spiro atoms. The number of piperazine rings is 1. The number of hydrogen-bond acceptors (Lipinski definition) is 5. The molecular weight excluding hydrogens is 345 g/mol. The van der Waals surface area contributed by atoms with E-state index in [1.807, 2.05) is 23.8 Å². The number of rotatable bonds is 5. The summed E-state index contributed by atoms with van der Waals surface area (Å²) < 4.78 is 13.2. The molecule has 3 rings (SSSR count). The van der Waals surface area contributed by atoms with Gasteiger partial charge in [0.1, 0.15) is 17.2 Å². The van der Waals surface area contributed by atoms with Gasteiger partial charge in [-0.25, -0.2) is 14.4 Å². The first kappa shape index (κ1) is 19.2. The van der Waals surface area contributed by atoms with Crippen LogP contribution in [0.4, 0.5) is 10.2 Å². The molecule has 144 valence electrons. The van der Waals surface area contributed by atoms with Crippen LogP contribution in [0.1, 0.15) is 24.2 Å². The third kappa shape index (κ3) is 4.24. The van der Waals surface area contributed by atoms with Crippen molar-refractivity contribution in [3.8, 4) is 11.4 Å². The van der Waals surface area contributed by atoms with Gasteiger partial charge in [0.05, 0.1) is 0 Å². The Bertz CT molecular complexity index is 787. The Balaban J connectivity index is 1.90. The number of halogens is 1. The molecule has 7 heteroatoms. The fourth-order valence-corrected chi connectivity index (χ4v) is 3.14. The molecule has 6 nitrogen and oxygen atoms in total. The topological polar surface area (TPSA) is 52.6 Å². The fourth-order valence-electron chi connectivity index (χ4n) is 3.14. The molecule has 0 radical (unpaired) electrons. The highest BCUT2D eigenvalue weighted by Crippen LogP contribution is 2.23. The summed E-state index contributed by atoms with van der Waals surface area (Å²) in [6.45, 7) is 9.04. The molecule has 0 N–H and O–H groups in total. The highest BCUT2D eigenvalue weighted by Gasteiger charge is 2.25. The van der Waals surface area contributed by atoms with Crippen molar-refractivity contribution in [1.29, 1.82) is 0 Å². The molecule has 1 aliphatic heterocycles. The van der Waals surface area contributed by atoms with E-state index in [9.17, 15) is 9.18 Å². The quantitative estimate of drug-likeness (QED) is 0.808. The van der Waals surface area contributed by atoms with Gasteiger partial charge in [-0.3, -0.25) is 4.79 Å². The second kappa shape index (κ2) is 8.43. The Morgan fingerprint density at radius 2 is 1.81 bits per heavy atom. The zero-order valence-electron chi connectivity index (χ0n) is 16.2. The molecule has 0 saturated carbocycles. The minimum absolute atomic E-state index is 0.0355. The largest absolute Gasteiger partial charge is 0.359 e. The molecule has 1 saturated heterocycles. The van der Waals surface area contributed by atoms with Gasteiger partial charge in [-0.1, -0.05) is 6.92 Å². The van der Waals surface area contributed by atoms with Crippen molar-refractivity contribution in [2.45, 2.75) is 13.8 Å². The molecule has 0 bridgehead atoms. The van der Waals surface area contributed by atoms with E-state index in [0.29, 0.717) is 36.8 Å². The van der Waals surface area contributed by atoms with E-state index in [1.165, 1.54) is 12.1 Å². The Hall–Kier alpha value is -2.54. The van der Waals surface area contributed by atoms with Crippen LogP contribution >= 0.6 is 0 Å². The van der Waals surface area contributed by atoms with E-state index in [1.54, 1.807) is 18.3 Å². The van der Waals surface area contributed by atoms with E-state index >= 15 is 0 Å². The Morgan fingerprint density at radius 3 is 2.41 bits per heavy atom. The molecule has 1 fully saturated rings. The molecule has 1 aromatic heterocycles. The third-order valence-corrected chi connectivity index (χ3v) is 5.04. The molecule has 2 aromatic rings. The van der Waals surface area contributed by atoms with E-state index in [-0.39, 0.29) is 11.7 Å². The number of carbonyl (C=O) groups is 1. The first-order valence-corrected chi connectivity index (χ1v) is 9.39. The maximum absolute atomic E-state index is 13.2. The van der Waals surface area contributed by atoms with Crippen LogP contribution in [-0.2, 0) is 0 Å². The lowest BCUT2D eigenvalue weighted by Crippen LogP contribution is -2.48. The summed E-state index contributed by atoms with van der Waals surface area (Å²) in [5, 5.41) is 0. The van der Waals surface area contributed by atoms with E-state index in [4.69, 9.17) is 0 Å². The first-order valence-electron chi connectivity index (χ1n) is 9.39. The van der Waals surface area contributed by atoms with Crippen molar-refractivity contribution in [2.24, 2.45) is 0 Å². The lowest BCUT2D eigenvalue weighted by molar-refractivity contribution is 0.0643. The molecule has 1 amide bonds. The van der Waals surface area contributed by atoms with Gasteiger partial charge in [-0.15, -0.1) is 0 Å². The SMILES string of the molecule is CCN1CCN(C(=O)c2cnc(-c3ccc(F)cc3)nc2N(C)CC)CC1. The molecule has 27 heavy (non-hydrogen) atoms. The van der Waals surface area contributed by atoms with Gasteiger partial charge in [0.2, 0.25) is 0 Å².